The van der Waals surface area contributed by atoms with E-state index in [1.54, 1.807) is 16.9 Å². The number of nitrogens with two attached hydrogens (primary N) is 1. The quantitative estimate of drug-likeness (QED) is 0.839. The summed E-state index contributed by atoms with van der Waals surface area (Å²) < 4.78 is 14.5. The molecule has 0 spiro atoms. The Kier molecular flexibility index (Phi) is 4.19. The van der Waals surface area contributed by atoms with E-state index in [1.807, 2.05) is 0 Å². The molecular weight excluding hydrogens is 249 g/mol. The van der Waals surface area contributed by atoms with E-state index < -0.39 is 0 Å². The maximum Gasteiger partial charge on any atom is 0.226 e. The van der Waals surface area contributed by atoms with Crippen LogP contribution in [-0.4, -0.2) is 20.9 Å². The van der Waals surface area contributed by atoms with Crippen molar-refractivity contribution < 1.29 is 9.18 Å². The molecule has 0 saturated heterocycles. The Labute approximate surface area is 109 Å². The molecule has 3 N–H and O–H groups in total. The third-order valence-corrected chi connectivity index (χ3v) is 2.47. The lowest BCUT2D eigenvalue weighted by Crippen LogP contribution is -2.14. The number of anilines is 1. The van der Waals surface area contributed by atoms with E-state index in [-0.39, 0.29) is 18.1 Å². The van der Waals surface area contributed by atoms with Crippen LogP contribution in [0.25, 0.3) is 0 Å². The van der Waals surface area contributed by atoms with Gasteiger partial charge in [-0.3, -0.25) is 9.48 Å². The van der Waals surface area contributed by atoms with Crippen LogP contribution in [0.1, 0.15) is 12.1 Å². The first-order valence-electron chi connectivity index (χ1n) is 5.82. The van der Waals surface area contributed by atoms with Gasteiger partial charge in [0.05, 0.1) is 12.2 Å². The molecule has 0 saturated carbocycles. The number of aryl methyl sites for hydroxylation is 1. The SMILES string of the molecule is NCc1cn(CCC(=O)Nc2cccc(F)c2)nn1. The molecule has 19 heavy (non-hydrogen) atoms. The van der Waals surface area contributed by atoms with Crippen molar-refractivity contribution in [3.63, 3.8) is 0 Å². The first kappa shape index (κ1) is 13.2. The van der Waals surface area contributed by atoms with Crippen molar-refractivity contribution in [2.24, 2.45) is 5.73 Å². The highest BCUT2D eigenvalue weighted by Gasteiger charge is 2.05. The van der Waals surface area contributed by atoms with Gasteiger partial charge in [0.2, 0.25) is 5.91 Å². The molecule has 0 bridgehead atoms. The van der Waals surface area contributed by atoms with Crippen LogP contribution < -0.4 is 11.1 Å². The van der Waals surface area contributed by atoms with E-state index in [4.69, 9.17) is 5.73 Å². The van der Waals surface area contributed by atoms with Gasteiger partial charge in [0.1, 0.15) is 5.82 Å². The van der Waals surface area contributed by atoms with Crippen molar-refractivity contribution in [3.05, 3.63) is 42.0 Å². The lowest BCUT2D eigenvalue weighted by atomic mass is 10.3. The number of rotatable bonds is 5. The van der Waals surface area contributed by atoms with Crippen LogP contribution in [0.4, 0.5) is 10.1 Å². The van der Waals surface area contributed by atoms with Crippen LogP contribution >= 0.6 is 0 Å². The van der Waals surface area contributed by atoms with E-state index in [9.17, 15) is 9.18 Å². The predicted octanol–water partition coefficient (Wildman–Crippen LogP) is 0.905. The highest BCUT2D eigenvalue weighted by Crippen LogP contribution is 2.09. The lowest BCUT2D eigenvalue weighted by molar-refractivity contribution is -0.116. The Morgan fingerprint density at radius 2 is 2.32 bits per heavy atom. The number of nitrogens with zero attached hydrogens (tertiary/aromatic N) is 3. The van der Waals surface area contributed by atoms with Crippen molar-refractivity contribution in [3.8, 4) is 0 Å². The predicted molar refractivity (Wildman–Crippen MR) is 67.6 cm³/mol. The van der Waals surface area contributed by atoms with Crippen molar-refractivity contribution in [2.45, 2.75) is 19.5 Å². The second-order valence-electron chi connectivity index (χ2n) is 3.99. The fraction of sp³-hybridized carbons (Fsp3) is 0.250. The van der Waals surface area contributed by atoms with E-state index >= 15 is 0 Å². The smallest absolute Gasteiger partial charge is 0.226 e. The largest absolute Gasteiger partial charge is 0.326 e. The van der Waals surface area contributed by atoms with Gasteiger partial charge in [0, 0.05) is 24.8 Å². The second-order valence-corrected chi connectivity index (χ2v) is 3.99. The van der Waals surface area contributed by atoms with Crippen LogP contribution in [0.3, 0.4) is 0 Å². The van der Waals surface area contributed by atoms with Gasteiger partial charge in [-0.25, -0.2) is 4.39 Å². The average molecular weight is 263 g/mol. The average Bonchev–Trinajstić information content (AvgIpc) is 2.84. The fourth-order valence-electron chi connectivity index (χ4n) is 1.55. The molecule has 1 aromatic carbocycles. The lowest BCUT2D eigenvalue weighted by Gasteiger charge is -2.04. The maximum absolute atomic E-state index is 12.9. The number of hydrogen-bond donors (Lipinski definition) is 2. The van der Waals surface area contributed by atoms with E-state index in [0.29, 0.717) is 24.5 Å². The summed E-state index contributed by atoms with van der Waals surface area (Å²) >= 11 is 0. The van der Waals surface area contributed by atoms with Crippen LogP contribution in [0, 0.1) is 5.82 Å². The molecule has 1 amide bonds. The fourth-order valence-corrected chi connectivity index (χ4v) is 1.55. The van der Waals surface area contributed by atoms with Gasteiger partial charge in [-0.15, -0.1) is 5.10 Å². The van der Waals surface area contributed by atoms with Crippen molar-refractivity contribution in [2.75, 3.05) is 5.32 Å². The maximum atomic E-state index is 12.9. The number of amides is 1. The van der Waals surface area contributed by atoms with Gasteiger partial charge >= 0.3 is 0 Å². The van der Waals surface area contributed by atoms with Crippen LogP contribution in [0.2, 0.25) is 0 Å². The first-order valence-corrected chi connectivity index (χ1v) is 5.82. The standard InChI is InChI=1S/C12H14FN5O/c13-9-2-1-3-10(6-9)15-12(19)4-5-18-8-11(7-14)16-17-18/h1-3,6,8H,4-5,7,14H2,(H,15,19). The molecule has 1 heterocycles. The topological polar surface area (TPSA) is 85.8 Å². The zero-order valence-corrected chi connectivity index (χ0v) is 10.2. The normalized spacial score (nSPS) is 10.4. The summed E-state index contributed by atoms with van der Waals surface area (Å²) in [7, 11) is 0. The summed E-state index contributed by atoms with van der Waals surface area (Å²) in [6.07, 6.45) is 1.92. The minimum atomic E-state index is -0.387. The minimum Gasteiger partial charge on any atom is -0.326 e. The third-order valence-electron chi connectivity index (χ3n) is 2.47. The monoisotopic (exact) mass is 263 g/mol. The molecule has 2 aromatic rings. The summed E-state index contributed by atoms with van der Waals surface area (Å²) in [5.41, 5.74) is 6.51. The summed E-state index contributed by atoms with van der Waals surface area (Å²) in [6, 6.07) is 5.75. The molecular formula is C12H14FN5O. The van der Waals surface area contributed by atoms with Gasteiger partial charge in [-0.05, 0) is 18.2 Å². The zero-order valence-electron chi connectivity index (χ0n) is 10.2. The van der Waals surface area contributed by atoms with Gasteiger partial charge in [0.15, 0.2) is 0 Å². The molecule has 0 unspecified atom stereocenters. The zero-order chi connectivity index (χ0) is 13.7. The van der Waals surface area contributed by atoms with Crippen molar-refractivity contribution >= 4 is 11.6 Å². The second kappa shape index (κ2) is 6.05. The highest BCUT2D eigenvalue weighted by molar-refractivity contribution is 5.90. The first-order chi connectivity index (χ1) is 9.17. The summed E-state index contributed by atoms with van der Waals surface area (Å²) in [6.45, 7) is 0.712. The Bertz CT molecular complexity index is 569. The number of halogens is 1. The Hall–Kier alpha value is -2.28. The molecule has 2 rings (SSSR count). The summed E-state index contributed by atoms with van der Waals surface area (Å²) in [4.78, 5) is 11.7. The Morgan fingerprint density at radius 3 is 3.00 bits per heavy atom. The van der Waals surface area contributed by atoms with Crippen LogP contribution in [-0.2, 0) is 17.9 Å². The number of benzene rings is 1. The number of hydrogen-bond acceptors (Lipinski definition) is 4. The Morgan fingerprint density at radius 1 is 1.47 bits per heavy atom. The van der Waals surface area contributed by atoms with Crippen molar-refractivity contribution in [1.82, 2.24) is 15.0 Å². The van der Waals surface area contributed by atoms with Crippen LogP contribution in [0.5, 0.6) is 0 Å². The van der Waals surface area contributed by atoms with Crippen molar-refractivity contribution in [1.29, 1.82) is 0 Å². The van der Waals surface area contributed by atoms with Gasteiger partial charge in [-0.1, -0.05) is 11.3 Å². The minimum absolute atomic E-state index is 0.213. The Balaban J connectivity index is 1.84. The van der Waals surface area contributed by atoms with Gasteiger partial charge in [0.25, 0.3) is 0 Å². The molecule has 0 aliphatic rings. The number of aromatic nitrogens is 3. The van der Waals surface area contributed by atoms with Gasteiger partial charge in [-0.2, -0.15) is 0 Å². The molecule has 0 fully saturated rings. The van der Waals surface area contributed by atoms with E-state index in [0.717, 1.165) is 0 Å². The van der Waals surface area contributed by atoms with Gasteiger partial charge < -0.3 is 11.1 Å². The number of carbonyl (C=O) groups excluding carboxylic acids is 1. The third kappa shape index (κ3) is 3.85. The molecule has 6 nitrogen and oxygen atoms in total. The molecule has 0 aliphatic carbocycles. The summed E-state index contributed by atoms with van der Waals surface area (Å²) in [5.74, 6) is -0.600. The molecule has 7 heteroatoms. The highest BCUT2D eigenvalue weighted by atomic mass is 19.1. The van der Waals surface area contributed by atoms with Crippen LogP contribution in [0.15, 0.2) is 30.5 Å². The van der Waals surface area contributed by atoms with E-state index in [1.165, 1.54) is 18.2 Å². The molecule has 0 radical (unpaired) electrons. The van der Waals surface area contributed by atoms with E-state index in [2.05, 4.69) is 15.6 Å². The molecule has 1 aromatic heterocycles. The summed E-state index contributed by atoms with van der Waals surface area (Å²) in [5, 5.41) is 10.3. The number of nitrogens with one attached hydrogen (secondary N) is 1. The molecule has 0 atom stereocenters. The number of carbonyl (C=O) groups is 1. The molecule has 100 valence electrons. The molecule has 0 aliphatic heterocycles.